The third-order valence-electron chi connectivity index (χ3n) is 4.76. The molecule has 3 unspecified atom stereocenters. The molecule has 2 aliphatic rings. The molecule has 2 heteroatoms. The zero-order valence-electron chi connectivity index (χ0n) is 11.2. The number of hydrogen-bond donors (Lipinski definition) is 1. The molecule has 0 aromatic rings. The van der Waals surface area contributed by atoms with Gasteiger partial charge in [0, 0.05) is 6.04 Å². The van der Waals surface area contributed by atoms with Crippen molar-refractivity contribution in [3.05, 3.63) is 0 Å². The highest BCUT2D eigenvalue weighted by atomic mass is 15.1. The minimum atomic E-state index is 0.729. The van der Waals surface area contributed by atoms with Crippen molar-refractivity contribution in [1.29, 1.82) is 0 Å². The van der Waals surface area contributed by atoms with Crippen LogP contribution in [-0.4, -0.2) is 37.1 Å². The van der Waals surface area contributed by atoms with E-state index in [1.807, 2.05) is 0 Å². The van der Waals surface area contributed by atoms with E-state index in [-0.39, 0.29) is 0 Å². The van der Waals surface area contributed by atoms with Crippen LogP contribution in [0.2, 0.25) is 0 Å². The molecule has 0 aromatic heterocycles. The van der Waals surface area contributed by atoms with Crippen molar-refractivity contribution in [3.8, 4) is 0 Å². The average molecular weight is 224 g/mol. The first kappa shape index (κ1) is 12.4. The molecule has 1 saturated carbocycles. The number of nitrogens with one attached hydrogen (secondary N) is 1. The zero-order chi connectivity index (χ0) is 11.5. The highest BCUT2D eigenvalue weighted by Crippen LogP contribution is 2.37. The Morgan fingerprint density at radius 1 is 1.31 bits per heavy atom. The Kier molecular flexibility index (Phi) is 4.26. The fraction of sp³-hybridized carbons (Fsp3) is 1.00. The largest absolute Gasteiger partial charge is 0.314 e. The normalized spacial score (nSPS) is 33.9. The Hall–Kier alpha value is -0.0800. The van der Waals surface area contributed by atoms with Gasteiger partial charge in [0.25, 0.3) is 0 Å². The van der Waals surface area contributed by atoms with Gasteiger partial charge in [0.2, 0.25) is 0 Å². The predicted octanol–water partition coefficient (Wildman–Crippen LogP) is 2.35. The van der Waals surface area contributed by atoms with E-state index in [1.165, 1.54) is 45.4 Å². The molecule has 3 atom stereocenters. The molecule has 1 N–H and O–H groups in total. The van der Waals surface area contributed by atoms with E-state index in [2.05, 4.69) is 31.0 Å². The second-order valence-corrected chi connectivity index (χ2v) is 5.94. The Morgan fingerprint density at radius 2 is 1.94 bits per heavy atom. The predicted molar refractivity (Wildman–Crippen MR) is 69.6 cm³/mol. The van der Waals surface area contributed by atoms with Gasteiger partial charge in [-0.2, -0.15) is 0 Å². The molecule has 0 aromatic carbocycles. The van der Waals surface area contributed by atoms with Crippen LogP contribution < -0.4 is 5.32 Å². The molecule has 0 bridgehead atoms. The van der Waals surface area contributed by atoms with Crippen molar-refractivity contribution >= 4 is 0 Å². The number of hydrogen-bond acceptors (Lipinski definition) is 2. The van der Waals surface area contributed by atoms with Crippen molar-refractivity contribution in [2.45, 2.75) is 46.1 Å². The van der Waals surface area contributed by atoms with Crippen LogP contribution in [0.1, 0.15) is 40.0 Å². The minimum absolute atomic E-state index is 0.729. The molecular formula is C14H28N2. The van der Waals surface area contributed by atoms with Crippen LogP contribution in [0.5, 0.6) is 0 Å². The van der Waals surface area contributed by atoms with Gasteiger partial charge < -0.3 is 10.2 Å². The second-order valence-electron chi connectivity index (χ2n) is 5.94. The summed E-state index contributed by atoms with van der Waals surface area (Å²) < 4.78 is 0. The molecule has 0 radical (unpaired) electrons. The Morgan fingerprint density at radius 3 is 2.44 bits per heavy atom. The molecule has 1 aliphatic heterocycles. The van der Waals surface area contributed by atoms with Gasteiger partial charge in [0.05, 0.1) is 0 Å². The molecule has 1 heterocycles. The fourth-order valence-electron chi connectivity index (χ4n) is 2.96. The summed E-state index contributed by atoms with van der Waals surface area (Å²) >= 11 is 0. The third-order valence-corrected chi connectivity index (χ3v) is 4.76. The maximum atomic E-state index is 3.76. The lowest BCUT2D eigenvalue weighted by Crippen LogP contribution is -2.42. The van der Waals surface area contributed by atoms with Crippen LogP contribution >= 0.6 is 0 Å². The molecule has 16 heavy (non-hydrogen) atoms. The van der Waals surface area contributed by atoms with Crippen molar-refractivity contribution in [3.63, 3.8) is 0 Å². The highest BCUT2D eigenvalue weighted by molar-refractivity contribution is 4.86. The molecule has 0 spiro atoms. The van der Waals surface area contributed by atoms with Gasteiger partial charge in [-0.05, 0) is 70.1 Å². The van der Waals surface area contributed by atoms with E-state index in [1.54, 1.807) is 0 Å². The Balaban J connectivity index is 1.63. The van der Waals surface area contributed by atoms with Crippen molar-refractivity contribution < 1.29 is 0 Å². The van der Waals surface area contributed by atoms with Crippen LogP contribution in [0.4, 0.5) is 0 Å². The molecule has 2 rings (SSSR count). The molecule has 1 aliphatic carbocycles. The summed E-state index contributed by atoms with van der Waals surface area (Å²) in [5, 5.41) is 3.76. The lowest BCUT2D eigenvalue weighted by Gasteiger charge is -2.34. The standard InChI is InChI=1S/C14H28N2/c1-4-16-7-5-13(6-8-16)12(3)15-10-14-9-11(14)2/h11-15H,4-10H2,1-3H3. The Bertz CT molecular complexity index is 209. The molecular weight excluding hydrogens is 196 g/mol. The quantitative estimate of drug-likeness (QED) is 0.771. The number of nitrogens with zero attached hydrogens (tertiary/aromatic N) is 1. The van der Waals surface area contributed by atoms with E-state index in [4.69, 9.17) is 0 Å². The monoisotopic (exact) mass is 224 g/mol. The lowest BCUT2D eigenvalue weighted by atomic mass is 9.90. The third kappa shape index (κ3) is 3.21. The van der Waals surface area contributed by atoms with Crippen LogP contribution in [0, 0.1) is 17.8 Å². The summed E-state index contributed by atoms with van der Waals surface area (Å²) in [6, 6.07) is 0.729. The summed E-state index contributed by atoms with van der Waals surface area (Å²) in [6.45, 7) is 12.1. The summed E-state index contributed by atoms with van der Waals surface area (Å²) in [5.74, 6) is 2.89. The van der Waals surface area contributed by atoms with Gasteiger partial charge in [-0.3, -0.25) is 0 Å². The first-order valence-electron chi connectivity index (χ1n) is 7.16. The van der Waals surface area contributed by atoms with Crippen molar-refractivity contribution in [1.82, 2.24) is 10.2 Å². The fourth-order valence-corrected chi connectivity index (χ4v) is 2.96. The zero-order valence-corrected chi connectivity index (χ0v) is 11.2. The molecule has 94 valence electrons. The van der Waals surface area contributed by atoms with Crippen LogP contribution in [0.15, 0.2) is 0 Å². The average Bonchev–Trinajstić information content (AvgIpc) is 3.02. The van der Waals surface area contributed by atoms with E-state index in [0.29, 0.717) is 0 Å². The van der Waals surface area contributed by atoms with E-state index in [0.717, 1.165) is 23.8 Å². The molecule has 0 amide bonds. The van der Waals surface area contributed by atoms with Gasteiger partial charge in [-0.15, -0.1) is 0 Å². The number of rotatable bonds is 5. The second kappa shape index (κ2) is 5.50. The lowest BCUT2D eigenvalue weighted by molar-refractivity contribution is 0.168. The first-order valence-corrected chi connectivity index (χ1v) is 7.16. The van der Waals surface area contributed by atoms with Crippen LogP contribution in [0.25, 0.3) is 0 Å². The SMILES string of the molecule is CCN1CCC(C(C)NCC2CC2C)CC1. The van der Waals surface area contributed by atoms with E-state index >= 15 is 0 Å². The summed E-state index contributed by atoms with van der Waals surface area (Å²) in [6.07, 6.45) is 4.23. The Labute approximate surface area is 101 Å². The van der Waals surface area contributed by atoms with Gasteiger partial charge in [0.15, 0.2) is 0 Å². The number of likely N-dealkylation sites (tertiary alicyclic amines) is 1. The van der Waals surface area contributed by atoms with Gasteiger partial charge in [-0.25, -0.2) is 0 Å². The van der Waals surface area contributed by atoms with Crippen molar-refractivity contribution in [2.24, 2.45) is 17.8 Å². The summed E-state index contributed by atoms with van der Waals surface area (Å²) in [7, 11) is 0. The summed E-state index contributed by atoms with van der Waals surface area (Å²) in [4.78, 5) is 2.58. The van der Waals surface area contributed by atoms with Gasteiger partial charge >= 0.3 is 0 Å². The highest BCUT2D eigenvalue weighted by Gasteiger charge is 2.33. The number of piperidine rings is 1. The topological polar surface area (TPSA) is 15.3 Å². The van der Waals surface area contributed by atoms with E-state index in [9.17, 15) is 0 Å². The van der Waals surface area contributed by atoms with Crippen LogP contribution in [0.3, 0.4) is 0 Å². The minimum Gasteiger partial charge on any atom is -0.314 e. The smallest absolute Gasteiger partial charge is 0.00680 e. The van der Waals surface area contributed by atoms with Gasteiger partial charge in [0.1, 0.15) is 0 Å². The molecule has 2 nitrogen and oxygen atoms in total. The summed E-state index contributed by atoms with van der Waals surface area (Å²) in [5.41, 5.74) is 0. The van der Waals surface area contributed by atoms with Crippen molar-refractivity contribution in [2.75, 3.05) is 26.2 Å². The molecule has 2 fully saturated rings. The molecule has 1 saturated heterocycles. The maximum absolute atomic E-state index is 3.76. The van der Waals surface area contributed by atoms with E-state index < -0.39 is 0 Å². The van der Waals surface area contributed by atoms with Gasteiger partial charge in [-0.1, -0.05) is 13.8 Å². The maximum Gasteiger partial charge on any atom is 0.00680 e. The van der Waals surface area contributed by atoms with Crippen LogP contribution in [-0.2, 0) is 0 Å². The first-order chi connectivity index (χ1) is 7.70.